The topological polar surface area (TPSA) is 70.7 Å². The van der Waals surface area contributed by atoms with Crippen molar-refractivity contribution in [2.45, 2.75) is 31.0 Å². The molecule has 0 amide bonds. The van der Waals surface area contributed by atoms with Crippen molar-refractivity contribution in [3.05, 3.63) is 23.8 Å². The van der Waals surface area contributed by atoms with Crippen LogP contribution in [0.3, 0.4) is 0 Å². The molecule has 1 aliphatic rings. The number of ether oxygens (including phenoxy) is 1. The highest BCUT2D eigenvalue weighted by Crippen LogP contribution is 2.26. The number of alkyl halides is 3. The number of aryl methyl sites for hydroxylation is 1. The van der Waals surface area contributed by atoms with E-state index in [1.165, 1.54) is 17.0 Å². The van der Waals surface area contributed by atoms with Gasteiger partial charge in [-0.2, -0.15) is 13.2 Å². The molecular formula is C16H24F3N3O3S. The van der Waals surface area contributed by atoms with Gasteiger partial charge in [0.05, 0.1) is 11.5 Å². The third-order valence-corrected chi connectivity index (χ3v) is 5.77. The van der Waals surface area contributed by atoms with Crippen molar-refractivity contribution < 1.29 is 26.3 Å². The van der Waals surface area contributed by atoms with Gasteiger partial charge in [0.1, 0.15) is 11.8 Å². The average molecular weight is 395 g/mol. The number of hydrogen-bond donors (Lipinski definition) is 2. The molecule has 10 heteroatoms. The van der Waals surface area contributed by atoms with Crippen LogP contribution in [0.5, 0.6) is 5.75 Å². The third kappa shape index (κ3) is 5.32. The highest BCUT2D eigenvalue weighted by molar-refractivity contribution is 7.89. The summed E-state index contributed by atoms with van der Waals surface area (Å²) < 4.78 is 72.6. The largest absolute Gasteiger partial charge is 0.494 e. The van der Waals surface area contributed by atoms with Gasteiger partial charge in [-0.25, -0.2) is 13.1 Å². The van der Waals surface area contributed by atoms with Crippen LogP contribution in [0.2, 0.25) is 0 Å². The van der Waals surface area contributed by atoms with Crippen LogP contribution in [-0.2, 0) is 10.0 Å². The summed E-state index contributed by atoms with van der Waals surface area (Å²) in [5, 5.41) is 2.98. The molecule has 1 aliphatic heterocycles. The first-order chi connectivity index (χ1) is 12.1. The molecule has 1 aromatic carbocycles. The maximum Gasteiger partial charge on any atom is 0.405 e. The van der Waals surface area contributed by atoms with E-state index in [1.54, 1.807) is 19.9 Å². The molecule has 0 aliphatic carbocycles. The van der Waals surface area contributed by atoms with Crippen molar-refractivity contribution >= 4 is 10.0 Å². The molecule has 1 fully saturated rings. The van der Waals surface area contributed by atoms with Gasteiger partial charge in [-0.3, -0.25) is 4.90 Å². The van der Waals surface area contributed by atoms with Crippen molar-refractivity contribution in [1.82, 2.24) is 14.9 Å². The number of benzene rings is 1. The third-order valence-electron chi connectivity index (χ3n) is 4.18. The SMILES string of the molecule is CCOc1ccc(S(=O)(=O)NCC(N2CCNCC2)C(F)(F)F)c(C)c1. The van der Waals surface area contributed by atoms with Crippen molar-refractivity contribution in [2.24, 2.45) is 0 Å². The summed E-state index contributed by atoms with van der Waals surface area (Å²) in [6.07, 6.45) is -4.52. The van der Waals surface area contributed by atoms with Crippen LogP contribution >= 0.6 is 0 Å². The zero-order valence-electron chi connectivity index (χ0n) is 14.8. The van der Waals surface area contributed by atoms with E-state index >= 15 is 0 Å². The smallest absolute Gasteiger partial charge is 0.405 e. The Balaban J connectivity index is 2.14. The van der Waals surface area contributed by atoms with Gasteiger partial charge in [-0.05, 0) is 37.6 Å². The number of halogens is 3. The van der Waals surface area contributed by atoms with Crippen molar-refractivity contribution in [1.29, 1.82) is 0 Å². The van der Waals surface area contributed by atoms with E-state index in [0.717, 1.165) is 0 Å². The summed E-state index contributed by atoms with van der Waals surface area (Å²) in [6.45, 7) is 4.40. The van der Waals surface area contributed by atoms with Crippen LogP contribution < -0.4 is 14.8 Å². The maximum absolute atomic E-state index is 13.4. The van der Waals surface area contributed by atoms with Crippen LogP contribution in [0, 0.1) is 6.92 Å². The number of piperazine rings is 1. The number of nitrogens with one attached hydrogen (secondary N) is 2. The molecule has 148 valence electrons. The highest BCUT2D eigenvalue weighted by Gasteiger charge is 2.44. The fraction of sp³-hybridized carbons (Fsp3) is 0.625. The summed E-state index contributed by atoms with van der Waals surface area (Å²) in [5.74, 6) is 0.512. The lowest BCUT2D eigenvalue weighted by Crippen LogP contribution is -2.57. The fourth-order valence-electron chi connectivity index (χ4n) is 2.89. The first kappa shape index (κ1) is 20.9. The second-order valence-corrected chi connectivity index (χ2v) is 7.79. The molecule has 1 heterocycles. The predicted molar refractivity (Wildman–Crippen MR) is 91.8 cm³/mol. The molecule has 6 nitrogen and oxygen atoms in total. The Morgan fingerprint density at radius 2 is 1.96 bits per heavy atom. The lowest BCUT2D eigenvalue weighted by molar-refractivity contribution is -0.182. The molecule has 1 atom stereocenters. The quantitative estimate of drug-likeness (QED) is 0.732. The van der Waals surface area contributed by atoms with Gasteiger partial charge in [0, 0.05) is 32.7 Å². The van der Waals surface area contributed by atoms with E-state index in [-0.39, 0.29) is 18.0 Å². The van der Waals surface area contributed by atoms with Gasteiger partial charge in [0.15, 0.2) is 0 Å². The zero-order chi connectivity index (χ0) is 19.4. The molecule has 2 N–H and O–H groups in total. The van der Waals surface area contributed by atoms with Crippen molar-refractivity contribution in [2.75, 3.05) is 39.3 Å². The van der Waals surface area contributed by atoms with Gasteiger partial charge in [0.2, 0.25) is 10.0 Å². The lowest BCUT2D eigenvalue weighted by atomic mass is 10.2. The maximum atomic E-state index is 13.4. The Kier molecular flexibility index (Phi) is 6.89. The average Bonchev–Trinajstić information content (AvgIpc) is 2.54. The molecule has 0 aromatic heterocycles. The predicted octanol–water partition coefficient (Wildman–Crippen LogP) is 1.51. The molecule has 0 bridgehead atoms. The van der Waals surface area contributed by atoms with Gasteiger partial charge in [0.25, 0.3) is 0 Å². The van der Waals surface area contributed by atoms with E-state index in [0.29, 0.717) is 31.0 Å². The summed E-state index contributed by atoms with van der Waals surface area (Å²) in [4.78, 5) is 1.20. The summed E-state index contributed by atoms with van der Waals surface area (Å²) >= 11 is 0. The standard InChI is InChI=1S/C16H24F3N3O3S/c1-3-25-13-4-5-14(12(2)10-13)26(23,24)21-11-15(16(17,18)19)22-8-6-20-7-9-22/h4-5,10,15,20-21H,3,6-9,11H2,1-2H3. The molecular weight excluding hydrogens is 371 g/mol. The Hall–Kier alpha value is -1.36. The second kappa shape index (κ2) is 8.55. The zero-order valence-corrected chi connectivity index (χ0v) is 15.6. The number of rotatable bonds is 7. The van der Waals surface area contributed by atoms with Crippen molar-refractivity contribution in [3.63, 3.8) is 0 Å². The molecule has 0 spiro atoms. The first-order valence-electron chi connectivity index (χ1n) is 8.39. The number of hydrogen-bond acceptors (Lipinski definition) is 5. The Labute approximate surface area is 151 Å². The summed E-state index contributed by atoms with van der Waals surface area (Å²) in [5.41, 5.74) is 0.411. The first-order valence-corrected chi connectivity index (χ1v) is 9.88. The molecule has 1 saturated heterocycles. The molecule has 0 saturated carbocycles. The number of sulfonamides is 1. The molecule has 2 rings (SSSR count). The molecule has 1 unspecified atom stereocenters. The van der Waals surface area contributed by atoms with Gasteiger partial charge < -0.3 is 10.1 Å². The Bertz CT molecular complexity index is 704. The van der Waals surface area contributed by atoms with Gasteiger partial charge >= 0.3 is 6.18 Å². The van der Waals surface area contributed by atoms with E-state index < -0.39 is 28.8 Å². The number of nitrogens with zero attached hydrogens (tertiary/aromatic N) is 1. The van der Waals surface area contributed by atoms with E-state index in [2.05, 4.69) is 10.0 Å². The van der Waals surface area contributed by atoms with Crippen LogP contribution in [-0.4, -0.2) is 64.9 Å². The van der Waals surface area contributed by atoms with Crippen LogP contribution in [0.1, 0.15) is 12.5 Å². The van der Waals surface area contributed by atoms with E-state index in [4.69, 9.17) is 4.74 Å². The minimum atomic E-state index is -4.52. The van der Waals surface area contributed by atoms with Crippen LogP contribution in [0.25, 0.3) is 0 Å². The van der Waals surface area contributed by atoms with Gasteiger partial charge in [-0.1, -0.05) is 0 Å². The van der Waals surface area contributed by atoms with Gasteiger partial charge in [-0.15, -0.1) is 0 Å². The van der Waals surface area contributed by atoms with Crippen molar-refractivity contribution in [3.8, 4) is 5.75 Å². The van der Waals surface area contributed by atoms with Crippen LogP contribution in [0.15, 0.2) is 23.1 Å². The van der Waals surface area contributed by atoms with Crippen LogP contribution in [0.4, 0.5) is 13.2 Å². The summed E-state index contributed by atoms with van der Waals surface area (Å²) in [6, 6.07) is 2.52. The monoisotopic (exact) mass is 395 g/mol. The van der Waals surface area contributed by atoms with E-state index in [9.17, 15) is 21.6 Å². The Morgan fingerprint density at radius 1 is 1.31 bits per heavy atom. The minimum Gasteiger partial charge on any atom is -0.494 e. The van der Waals surface area contributed by atoms with E-state index in [1.807, 2.05) is 0 Å². The molecule has 26 heavy (non-hydrogen) atoms. The molecule has 0 radical (unpaired) electrons. The minimum absolute atomic E-state index is 0.0535. The fourth-order valence-corrected chi connectivity index (χ4v) is 4.15. The Morgan fingerprint density at radius 3 is 2.50 bits per heavy atom. The lowest BCUT2D eigenvalue weighted by Gasteiger charge is -2.35. The molecule has 1 aromatic rings. The normalized spacial score (nSPS) is 17.9. The highest BCUT2D eigenvalue weighted by atomic mass is 32.2. The second-order valence-electron chi connectivity index (χ2n) is 6.06. The summed E-state index contributed by atoms with van der Waals surface area (Å²) in [7, 11) is -4.06.